The van der Waals surface area contributed by atoms with Crippen molar-refractivity contribution in [3.8, 4) is 0 Å². The number of nitrogens with one attached hydrogen (secondary N) is 1. The van der Waals surface area contributed by atoms with Crippen molar-refractivity contribution in [1.29, 1.82) is 0 Å². The van der Waals surface area contributed by atoms with Gasteiger partial charge in [0.25, 0.3) is 0 Å². The van der Waals surface area contributed by atoms with Crippen LogP contribution in [-0.2, 0) is 11.3 Å². The standard InChI is InChI=1S/C16H19N3O4S2/c20-14-4-3-11(8-17-9-12-2-1-6-23-12)19(14)5-7-24-16-18-13(10-25-16)15(21)22/h1-2,6,10-11,17H,3-5,7-9H2,(H,21,22)/t11-/m1/s1. The molecule has 0 bridgehead atoms. The molecule has 2 aromatic heterocycles. The largest absolute Gasteiger partial charge is 0.476 e. The smallest absolute Gasteiger partial charge is 0.355 e. The molecule has 1 aliphatic rings. The van der Waals surface area contributed by atoms with Gasteiger partial charge in [0, 0.05) is 36.7 Å². The van der Waals surface area contributed by atoms with E-state index in [1.165, 1.54) is 28.5 Å². The number of aromatic nitrogens is 1. The lowest BCUT2D eigenvalue weighted by Crippen LogP contribution is -2.41. The van der Waals surface area contributed by atoms with E-state index in [9.17, 15) is 9.59 Å². The minimum Gasteiger partial charge on any atom is -0.476 e. The van der Waals surface area contributed by atoms with Crippen molar-refractivity contribution in [3.63, 3.8) is 0 Å². The first kappa shape index (κ1) is 18.0. The molecule has 0 radical (unpaired) electrons. The van der Waals surface area contributed by atoms with Crippen molar-refractivity contribution < 1.29 is 19.1 Å². The normalized spacial score (nSPS) is 17.4. The van der Waals surface area contributed by atoms with Crippen LogP contribution in [0, 0.1) is 0 Å². The first-order chi connectivity index (χ1) is 12.1. The second-order valence-corrected chi connectivity index (χ2v) is 7.84. The Balaban J connectivity index is 1.44. The Bertz CT molecular complexity index is 717. The third-order valence-electron chi connectivity index (χ3n) is 3.97. The summed E-state index contributed by atoms with van der Waals surface area (Å²) in [6.45, 7) is 2.02. The average molecular weight is 381 g/mol. The summed E-state index contributed by atoms with van der Waals surface area (Å²) in [6.07, 6.45) is 3.08. The van der Waals surface area contributed by atoms with E-state index in [2.05, 4.69) is 10.3 Å². The number of carbonyl (C=O) groups is 2. The van der Waals surface area contributed by atoms with Gasteiger partial charge >= 0.3 is 5.97 Å². The monoisotopic (exact) mass is 381 g/mol. The maximum absolute atomic E-state index is 12.1. The molecule has 1 aliphatic heterocycles. The summed E-state index contributed by atoms with van der Waals surface area (Å²) in [4.78, 5) is 28.9. The highest BCUT2D eigenvalue weighted by Gasteiger charge is 2.30. The van der Waals surface area contributed by atoms with Crippen LogP contribution in [0.25, 0.3) is 0 Å². The van der Waals surface area contributed by atoms with Crippen LogP contribution in [0.2, 0.25) is 0 Å². The molecule has 1 atom stereocenters. The average Bonchev–Trinajstić information content (AvgIpc) is 3.31. The topological polar surface area (TPSA) is 95.7 Å². The number of rotatable bonds is 9. The quantitative estimate of drug-likeness (QED) is 0.644. The highest BCUT2D eigenvalue weighted by atomic mass is 32.2. The van der Waals surface area contributed by atoms with Gasteiger partial charge in [-0.2, -0.15) is 0 Å². The zero-order valence-electron chi connectivity index (χ0n) is 13.5. The van der Waals surface area contributed by atoms with Gasteiger partial charge in [0.2, 0.25) is 5.91 Å². The number of likely N-dealkylation sites (tertiary alicyclic amines) is 1. The molecule has 3 heterocycles. The van der Waals surface area contributed by atoms with Gasteiger partial charge in [-0.15, -0.1) is 11.3 Å². The number of carbonyl (C=O) groups excluding carboxylic acids is 1. The summed E-state index contributed by atoms with van der Waals surface area (Å²) in [6, 6.07) is 3.96. The predicted octanol–water partition coefficient (Wildman–Crippen LogP) is 2.31. The number of carboxylic acid groups (broad SMARTS) is 1. The maximum atomic E-state index is 12.1. The highest BCUT2D eigenvalue weighted by molar-refractivity contribution is 8.01. The second-order valence-electron chi connectivity index (χ2n) is 5.64. The van der Waals surface area contributed by atoms with E-state index < -0.39 is 5.97 Å². The van der Waals surface area contributed by atoms with Crippen LogP contribution < -0.4 is 5.32 Å². The first-order valence-electron chi connectivity index (χ1n) is 7.97. The number of aromatic carboxylic acids is 1. The molecule has 25 heavy (non-hydrogen) atoms. The van der Waals surface area contributed by atoms with Crippen LogP contribution >= 0.6 is 23.1 Å². The van der Waals surface area contributed by atoms with Gasteiger partial charge in [-0.05, 0) is 18.6 Å². The van der Waals surface area contributed by atoms with Gasteiger partial charge in [0.1, 0.15) is 5.76 Å². The van der Waals surface area contributed by atoms with Crippen molar-refractivity contribution in [1.82, 2.24) is 15.2 Å². The van der Waals surface area contributed by atoms with Crippen LogP contribution in [-0.4, -0.2) is 51.8 Å². The molecule has 7 nitrogen and oxygen atoms in total. The van der Waals surface area contributed by atoms with E-state index in [-0.39, 0.29) is 17.6 Å². The van der Waals surface area contributed by atoms with Crippen molar-refractivity contribution in [2.75, 3.05) is 18.8 Å². The fraction of sp³-hybridized carbons (Fsp3) is 0.438. The lowest BCUT2D eigenvalue weighted by molar-refractivity contribution is -0.128. The van der Waals surface area contributed by atoms with Crippen LogP contribution in [0.3, 0.4) is 0 Å². The van der Waals surface area contributed by atoms with E-state index in [0.717, 1.165) is 23.1 Å². The van der Waals surface area contributed by atoms with Crippen LogP contribution in [0.5, 0.6) is 0 Å². The number of carboxylic acids is 1. The molecule has 2 aromatic rings. The molecule has 1 amide bonds. The Hall–Kier alpha value is -1.84. The van der Waals surface area contributed by atoms with E-state index >= 15 is 0 Å². The number of nitrogens with zero attached hydrogens (tertiary/aromatic N) is 2. The lowest BCUT2D eigenvalue weighted by atomic mass is 10.2. The fourth-order valence-corrected chi connectivity index (χ4v) is 4.55. The van der Waals surface area contributed by atoms with Gasteiger partial charge in [-0.1, -0.05) is 11.8 Å². The molecule has 2 N–H and O–H groups in total. The van der Waals surface area contributed by atoms with Crippen molar-refractivity contribution in [3.05, 3.63) is 35.2 Å². The van der Waals surface area contributed by atoms with Crippen molar-refractivity contribution >= 4 is 35.0 Å². The number of hydrogen-bond donors (Lipinski definition) is 2. The molecule has 1 saturated heterocycles. The lowest BCUT2D eigenvalue weighted by Gasteiger charge is -2.24. The zero-order chi connectivity index (χ0) is 17.6. The van der Waals surface area contributed by atoms with E-state index in [0.29, 0.717) is 25.3 Å². The van der Waals surface area contributed by atoms with Gasteiger partial charge in [0.15, 0.2) is 10.0 Å². The minimum atomic E-state index is -1.01. The number of furan rings is 1. The van der Waals surface area contributed by atoms with Gasteiger partial charge in [-0.3, -0.25) is 4.79 Å². The molecular formula is C16H19N3O4S2. The molecule has 1 fully saturated rings. The van der Waals surface area contributed by atoms with Crippen LogP contribution in [0.4, 0.5) is 0 Å². The third kappa shape index (κ3) is 4.83. The summed E-state index contributed by atoms with van der Waals surface area (Å²) in [7, 11) is 0. The SMILES string of the molecule is O=C(O)c1csc(SCCN2C(=O)CC[C@@H]2CNCc2ccco2)n1. The van der Waals surface area contributed by atoms with E-state index in [1.54, 1.807) is 6.26 Å². The number of hydrogen-bond acceptors (Lipinski definition) is 7. The van der Waals surface area contributed by atoms with Gasteiger partial charge in [-0.25, -0.2) is 9.78 Å². The van der Waals surface area contributed by atoms with E-state index in [4.69, 9.17) is 9.52 Å². The minimum absolute atomic E-state index is 0.0738. The Morgan fingerprint density at radius 3 is 3.16 bits per heavy atom. The Labute approximate surface area is 153 Å². The van der Waals surface area contributed by atoms with Gasteiger partial charge in [0.05, 0.1) is 12.8 Å². The summed E-state index contributed by atoms with van der Waals surface area (Å²) in [5.74, 6) is 0.744. The predicted molar refractivity (Wildman–Crippen MR) is 94.9 cm³/mol. The van der Waals surface area contributed by atoms with E-state index in [1.807, 2.05) is 17.0 Å². The fourth-order valence-electron chi connectivity index (χ4n) is 2.74. The summed E-state index contributed by atoms with van der Waals surface area (Å²) in [5.41, 5.74) is 0.0738. The summed E-state index contributed by atoms with van der Waals surface area (Å²) >= 11 is 2.81. The molecule has 0 spiro atoms. The van der Waals surface area contributed by atoms with Crippen molar-refractivity contribution in [2.24, 2.45) is 0 Å². The van der Waals surface area contributed by atoms with Gasteiger partial charge < -0.3 is 19.7 Å². The molecule has 3 rings (SSSR count). The third-order valence-corrected chi connectivity index (χ3v) is 5.97. The van der Waals surface area contributed by atoms with Crippen LogP contribution in [0.15, 0.2) is 32.5 Å². The summed E-state index contributed by atoms with van der Waals surface area (Å²) in [5, 5.41) is 13.8. The highest BCUT2D eigenvalue weighted by Crippen LogP contribution is 2.24. The Morgan fingerprint density at radius 2 is 2.44 bits per heavy atom. The molecule has 0 saturated carbocycles. The molecule has 9 heteroatoms. The molecular weight excluding hydrogens is 362 g/mol. The molecule has 0 aromatic carbocycles. The number of thiazole rings is 1. The number of thioether (sulfide) groups is 1. The maximum Gasteiger partial charge on any atom is 0.355 e. The molecule has 134 valence electrons. The first-order valence-corrected chi connectivity index (χ1v) is 9.84. The molecule has 0 unspecified atom stereocenters. The Morgan fingerprint density at radius 1 is 1.56 bits per heavy atom. The molecule has 0 aliphatic carbocycles. The number of amides is 1. The van der Waals surface area contributed by atoms with Crippen LogP contribution in [0.1, 0.15) is 29.1 Å². The Kier molecular flexibility index (Phi) is 6.11. The van der Waals surface area contributed by atoms with Crippen molar-refractivity contribution in [2.45, 2.75) is 29.8 Å². The summed E-state index contributed by atoms with van der Waals surface area (Å²) < 4.78 is 6.00. The second kappa shape index (κ2) is 8.50. The zero-order valence-corrected chi connectivity index (χ0v) is 15.1.